The molecule has 3 rings (SSSR count). The number of hydrogen-bond acceptors (Lipinski definition) is 6. The van der Waals surface area contributed by atoms with Gasteiger partial charge in [-0.2, -0.15) is 0 Å². The molecule has 0 radical (unpaired) electrons. The van der Waals surface area contributed by atoms with Crippen LogP contribution in [0.4, 0.5) is 11.5 Å². The number of ether oxygens (including phenoxy) is 1. The molecule has 27 heavy (non-hydrogen) atoms. The van der Waals surface area contributed by atoms with Gasteiger partial charge in [-0.05, 0) is 45.2 Å². The molecule has 2 aromatic heterocycles. The van der Waals surface area contributed by atoms with E-state index in [0.717, 1.165) is 23.6 Å². The number of nitrogens with zero attached hydrogens (tertiary/aromatic N) is 6. The first-order valence-electron chi connectivity index (χ1n) is 9.27. The maximum absolute atomic E-state index is 5.35. The van der Waals surface area contributed by atoms with Crippen LogP contribution < -0.4 is 4.90 Å². The summed E-state index contributed by atoms with van der Waals surface area (Å²) in [6.45, 7) is 10.9. The van der Waals surface area contributed by atoms with Crippen LogP contribution in [0.25, 0.3) is 11.2 Å². The fourth-order valence-electron chi connectivity index (χ4n) is 3.76. The minimum absolute atomic E-state index is 0.0929. The molecule has 0 N–H and O–H groups in total. The van der Waals surface area contributed by atoms with Crippen LogP contribution in [0.5, 0.6) is 0 Å². The molecule has 0 bridgehead atoms. The molecule has 0 spiro atoms. The number of hydrogen-bond donors (Lipinski definition) is 0. The predicted molar refractivity (Wildman–Crippen MR) is 108 cm³/mol. The van der Waals surface area contributed by atoms with Crippen molar-refractivity contribution in [3.05, 3.63) is 34.6 Å². The summed E-state index contributed by atoms with van der Waals surface area (Å²) in [6, 6.07) is 4.47. The second-order valence-corrected chi connectivity index (χ2v) is 7.12. The van der Waals surface area contributed by atoms with Gasteiger partial charge in [-0.15, -0.1) is 5.10 Å². The first kappa shape index (κ1) is 19.2. The molecule has 0 aliphatic heterocycles. The normalized spacial score (nSPS) is 12.6. The fraction of sp³-hybridized carbons (Fsp3) is 0.500. The van der Waals surface area contributed by atoms with Crippen LogP contribution in [-0.4, -0.2) is 45.7 Å². The largest absolute Gasteiger partial charge is 0.382 e. The Morgan fingerprint density at radius 1 is 1.11 bits per heavy atom. The van der Waals surface area contributed by atoms with Crippen molar-refractivity contribution >= 4 is 22.7 Å². The monoisotopic (exact) mass is 368 g/mol. The van der Waals surface area contributed by atoms with Crippen LogP contribution in [0.15, 0.2) is 12.1 Å². The number of aryl methyl sites for hydroxylation is 4. The van der Waals surface area contributed by atoms with Gasteiger partial charge in [0.2, 0.25) is 0 Å². The van der Waals surface area contributed by atoms with Crippen LogP contribution >= 0.6 is 0 Å². The molecule has 0 aliphatic rings. The van der Waals surface area contributed by atoms with Crippen molar-refractivity contribution in [3.8, 4) is 0 Å². The van der Waals surface area contributed by atoms with Crippen molar-refractivity contribution in [2.45, 2.75) is 47.1 Å². The zero-order chi connectivity index (χ0) is 19.7. The fourth-order valence-corrected chi connectivity index (χ4v) is 3.76. The molecule has 0 saturated heterocycles. The van der Waals surface area contributed by atoms with Crippen molar-refractivity contribution < 1.29 is 4.74 Å². The average Bonchev–Trinajstić information content (AvgIpc) is 3.01. The summed E-state index contributed by atoms with van der Waals surface area (Å²) in [5, 5.41) is 8.80. The molecule has 7 nitrogen and oxygen atoms in total. The van der Waals surface area contributed by atoms with Crippen molar-refractivity contribution in [1.29, 1.82) is 0 Å². The standard InChI is InChI=1S/C20H28N6O/c1-8-16(11-27-7)26-20-17(23-24-26)19(21-15(5)22-20)25(6)18-13(3)9-12(2)10-14(18)4/h9-10,16H,8,11H2,1-7H3. The molecule has 1 atom stereocenters. The Morgan fingerprint density at radius 2 is 1.78 bits per heavy atom. The Bertz CT molecular complexity index is 942. The molecule has 0 aliphatic carbocycles. The number of fused-ring (bicyclic) bond motifs is 1. The zero-order valence-electron chi connectivity index (χ0n) is 17.2. The summed E-state index contributed by atoms with van der Waals surface area (Å²) in [5.74, 6) is 1.47. The van der Waals surface area contributed by atoms with Crippen molar-refractivity contribution in [3.63, 3.8) is 0 Å². The Hall–Kier alpha value is -2.54. The van der Waals surface area contributed by atoms with Gasteiger partial charge in [0.15, 0.2) is 17.0 Å². The maximum atomic E-state index is 5.35. The summed E-state index contributed by atoms with van der Waals surface area (Å²) in [6.07, 6.45) is 0.886. The van der Waals surface area contributed by atoms with Gasteiger partial charge >= 0.3 is 0 Å². The minimum atomic E-state index is 0.0929. The van der Waals surface area contributed by atoms with E-state index in [1.165, 1.54) is 16.7 Å². The van der Waals surface area contributed by atoms with Gasteiger partial charge in [0.25, 0.3) is 0 Å². The quantitative estimate of drug-likeness (QED) is 0.659. The van der Waals surface area contributed by atoms with Crippen molar-refractivity contribution in [2.75, 3.05) is 25.7 Å². The number of benzene rings is 1. The molecule has 0 amide bonds. The van der Waals surface area contributed by atoms with E-state index < -0.39 is 0 Å². The van der Waals surface area contributed by atoms with Crippen LogP contribution in [0.3, 0.4) is 0 Å². The van der Waals surface area contributed by atoms with E-state index in [9.17, 15) is 0 Å². The van der Waals surface area contributed by atoms with Crippen LogP contribution in [-0.2, 0) is 4.74 Å². The van der Waals surface area contributed by atoms with Crippen molar-refractivity contribution in [1.82, 2.24) is 25.0 Å². The molecule has 3 aromatic rings. The SMILES string of the molecule is CCC(COC)n1nnc2c(N(C)c3c(C)cc(C)cc3C)nc(C)nc21. The van der Waals surface area contributed by atoms with Gasteiger partial charge in [-0.3, -0.25) is 0 Å². The number of anilines is 2. The van der Waals surface area contributed by atoms with Crippen molar-refractivity contribution in [2.24, 2.45) is 0 Å². The molecule has 0 saturated carbocycles. The summed E-state index contributed by atoms with van der Waals surface area (Å²) in [4.78, 5) is 11.4. The Labute approximate surface area is 160 Å². The molecular formula is C20H28N6O. The van der Waals surface area contributed by atoms with Gasteiger partial charge in [0, 0.05) is 19.8 Å². The lowest BCUT2D eigenvalue weighted by molar-refractivity contribution is 0.148. The second-order valence-electron chi connectivity index (χ2n) is 7.12. The van der Waals surface area contributed by atoms with E-state index >= 15 is 0 Å². The van der Waals surface area contributed by atoms with E-state index in [4.69, 9.17) is 9.72 Å². The Kier molecular flexibility index (Phi) is 5.41. The highest BCUT2D eigenvalue weighted by Crippen LogP contribution is 2.33. The average molecular weight is 368 g/mol. The van der Waals surface area contributed by atoms with Gasteiger partial charge in [-0.25, -0.2) is 14.6 Å². The van der Waals surface area contributed by atoms with Gasteiger partial charge < -0.3 is 9.64 Å². The lowest BCUT2D eigenvalue weighted by atomic mass is 10.0. The van der Waals surface area contributed by atoms with E-state index in [1.54, 1.807) is 7.11 Å². The third kappa shape index (κ3) is 3.51. The lowest BCUT2D eigenvalue weighted by Gasteiger charge is -2.23. The smallest absolute Gasteiger partial charge is 0.184 e. The van der Waals surface area contributed by atoms with Gasteiger partial charge in [-0.1, -0.05) is 29.8 Å². The topological polar surface area (TPSA) is 69.0 Å². The second kappa shape index (κ2) is 7.60. The predicted octanol–water partition coefficient (Wildman–Crippen LogP) is 3.82. The lowest BCUT2D eigenvalue weighted by Crippen LogP contribution is -2.17. The van der Waals surface area contributed by atoms with E-state index in [0.29, 0.717) is 17.9 Å². The molecule has 144 valence electrons. The number of methoxy groups -OCH3 is 1. The highest BCUT2D eigenvalue weighted by Gasteiger charge is 2.22. The summed E-state index contributed by atoms with van der Waals surface area (Å²) >= 11 is 0. The molecule has 2 heterocycles. The summed E-state index contributed by atoms with van der Waals surface area (Å²) in [5.41, 5.74) is 6.25. The first-order chi connectivity index (χ1) is 12.9. The highest BCUT2D eigenvalue weighted by atomic mass is 16.5. The van der Waals surface area contributed by atoms with E-state index in [2.05, 4.69) is 60.0 Å². The van der Waals surface area contributed by atoms with Crippen LogP contribution in [0, 0.1) is 27.7 Å². The zero-order valence-corrected chi connectivity index (χ0v) is 17.2. The van der Waals surface area contributed by atoms with E-state index in [-0.39, 0.29) is 6.04 Å². The molecule has 1 unspecified atom stereocenters. The molecular weight excluding hydrogens is 340 g/mol. The highest BCUT2D eigenvalue weighted by molar-refractivity contribution is 5.86. The van der Waals surface area contributed by atoms with Crippen LogP contribution in [0.2, 0.25) is 0 Å². The molecule has 1 aromatic carbocycles. The van der Waals surface area contributed by atoms with Crippen LogP contribution in [0.1, 0.15) is 41.9 Å². The summed E-state index contributed by atoms with van der Waals surface area (Å²) < 4.78 is 7.21. The molecule has 0 fully saturated rings. The van der Waals surface area contributed by atoms with Gasteiger partial charge in [0.05, 0.1) is 12.6 Å². The Morgan fingerprint density at radius 3 is 2.37 bits per heavy atom. The van der Waals surface area contributed by atoms with E-state index in [1.807, 2.05) is 18.7 Å². The third-order valence-corrected chi connectivity index (χ3v) is 4.88. The minimum Gasteiger partial charge on any atom is -0.382 e. The first-order valence-corrected chi connectivity index (χ1v) is 9.27. The molecule has 7 heteroatoms. The third-order valence-electron chi connectivity index (χ3n) is 4.88. The summed E-state index contributed by atoms with van der Waals surface area (Å²) in [7, 11) is 3.72. The number of rotatable bonds is 6. The number of aromatic nitrogens is 5. The maximum Gasteiger partial charge on any atom is 0.184 e. The Balaban J connectivity index is 2.17. The van der Waals surface area contributed by atoms with Gasteiger partial charge in [0.1, 0.15) is 5.82 Å².